The molecule has 0 fully saturated rings. The average Bonchev–Trinajstić information content (AvgIpc) is 2.25. The second-order valence-corrected chi connectivity index (χ2v) is 5.07. The smallest absolute Gasteiger partial charge is 0.353 e. The Morgan fingerprint density at radius 3 is 2.12 bits per heavy atom. The van der Waals surface area contributed by atoms with Gasteiger partial charge >= 0.3 is 29.6 Å². The minimum atomic E-state index is -4.05. The summed E-state index contributed by atoms with van der Waals surface area (Å²) in [6.07, 6.45) is 0.349. The van der Waals surface area contributed by atoms with Crippen LogP contribution in [-0.4, -0.2) is 24.9 Å². The van der Waals surface area contributed by atoms with E-state index in [9.17, 15) is 13.0 Å². The van der Waals surface area contributed by atoms with Gasteiger partial charge in [0.05, 0.1) is 0 Å². The van der Waals surface area contributed by atoms with Crippen molar-refractivity contribution in [2.45, 2.75) is 25.6 Å². The molecule has 90 valence electrons. The summed E-state index contributed by atoms with van der Waals surface area (Å²) in [6.45, 7) is 4.13. The van der Waals surface area contributed by atoms with Crippen LogP contribution in [0.3, 0.4) is 0 Å². The van der Waals surface area contributed by atoms with Gasteiger partial charge in [-0.05, 0) is 25.5 Å². The summed E-state index contributed by atoms with van der Waals surface area (Å²) in [4.78, 5) is 1.68. The third-order valence-electron chi connectivity index (χ3n) is 2.47. The molecule has 0 aliphatic rings. The van der Waals surface area contributed by atoms with Crippen molar-refractivity contribution in [1.29, 1.82) is 0 Å². The Hall–Kier alpha value is -0.0700. The molecule has 0 saturated carbocycles. The van der Waals surface area contributed by atoms with Crippen molar-refractivity contribution in [1.82, 2.24) is 0 Å². The van der Waals surface area contributed by atoms with E-state index in [1.165, 1.54) is 0 Å². The van der Waals surface area contributed by atoms with Gasteiger partial charge in [0.1, 0.15) is 0 Å². The molecule has 1 N–H and O–H groups in total. The van der Waals surface area contributed by atoms with Crippen LogP contribution in [0.2, 0.25) is 0 Å². The van der Waals surface area contributed by atoms with Crippen molar-refractivity contribution in [3.05, 3.63) is 30.3 Å². The first-order chi connectivity index (χ1) is 7.50. The third kappa shape index (κ3) is 4.60. The van der Waals surface area contributed by atoms with Crippen molar-refractivity contribution >= 4 is 15.8 Å². The normalized spacial score (nSPS) is 12.6. The van der Waals surface area contributed by atoms with Crippen LogP contribution in [-0.2, 0) is 10.1 Å². The first-order valence-electron chi connectivity index (χ1n) is 5.28. The van der Waals surface area contributed by atoms with E-state index in [1.807, 2.05) is 37.3 Å². The number of nitrogens with zero attached hydrogens (tertiary/aromatic N) is 1. The van der Waals surface area contributed by atoms with Crippen LogP contribution in [0.1, 0.15) is 20.3 Å². The molecule has 0 amide bonds. The summed E-state index contributed by atoms with van der Waals surface area (Å²) in [5.41, 5.74) is 0.800. The van der Waals surface area contributed by atoms with Gasteiger partial charge in [-0.3, -0.25) is 4.55 Å². The Bertz CT molecular complexity index is 422. The number of hydrogen-bond acceptors (Lipinski definition) is 3. The maximum atomic E-state index is 11.3. The minimum absolute atomic E-state index is 0. The number of anilines is 1. The van der Waals surface area contributed by atoms with Gasteiger partial charge in [-0.2, -0.15) is 8.42 Å². The zero-order valence-electron chi connectivity index (χ0n) is 10.5. The molecule has 1 atom stereocenters. The molecule has 0 heterocycles. The monoisotopic (exact) mass is 266 g/mol. The van der Waals surface area contributed by atoms with Crippen LogP contribution < -0.4 is 34.5 Å². The fraction of sp³-hybridized carbons (Fsp3) is 0.455. The standard InChI is InChI=1S/C11H17NO3S.Na/c1-3-11(16(13,14)15)12(4-2)10-8-6-5-7-9-10;/h5-9,11H,3-4H2,1-2H3,(H,13,14,15);/q;+1. The van der Waals surface area contributed by atoms with E-state index in [0.29, 0.717) is 13.0 Å². The van der Waals surface area contributed by atoms with E-state index < -0.39 is 15.5 Å². The quantitative estimate of drug-likeness (QED) is 0.557. The van der Waals surface area contributed by atoms with E-state index >= 15 is 0 Å². The van der Waals surface area contributed by atoms with Crippen molar-refractivity contribution in [3.8, 4) is 0 Å². The molecule has 0 aliphatic carbocycles. The van der Waals surface area contributed by atoms with Crippen molar-refractivity contribution < 1.29 is 42.5 Å². The topological polar surface area (TPSA) is 57.6 Å². The third-order valence-corrected chi connectivity index (χ3v) is 3.74. The predicted octanol–water partition coefficient (Wildman–Crippen LogP) is -0.859. The number of hydrogen-bond donors (Lipinski definition) is 1. The molecule has 0 bridgehead atoms. The molecular weight excluding hydrogens is 249 g/mol. The van der Waals surface area contributed by atoms with Gasteiger partial charge < -0.3 is 4.90 Å². The van der Waals surface area contributed by atoms with Crippen LogP contribution in [0.5, 0.6) is 0 Å². The molecule has 0 spiro atoms. The minimum Gasteiger partial charge on any atom is -0.353 e. The number of benzene rings is 1. The Morgan fingerprint density at radius 2 is 1.76 bits per heavy atom. The Labute approximate surface area is 125 Å². The Morgan fingerprint density at radius 1 is 1.24 bits per heavy atom. The molecule has 0 saturated heterocycles. The van der Waals surface area contributed by atoms with Gasteiger partial charge in [-0.25, -0.2) is 0 Å². The van der Waals surface area contributed by atoms with Gasteiger partial charge in [0, 0.05) is 12.2 Å². The maximum absolute atomic E-state index is 11.3. The molecule has 1 rings (SSSR count). The summed E-state index contributed by atoms with van der Waals surface area (Å²) in [7, 11) is -4.05. The van der Waals surface area contributed by atoms with Gasteiger partial charge in [0.25, 0.3) is 10.1 Å². The zero-order chi connectivity index (χ0) is 12.2. The summed E-state index contributed by atoms with van der Waals surface area (Å²) < 4.78 is 31.7. The molecular formula is C11H17NNaO3S+. The molecule has 1 aromatic rings. The predicted molar refractivity (Wildman–Crippen MR) is 65.1 cm³/mol. The fourth-order valence-corrected chi connectivity index (χ4v) is 2.78. The molecule has 6 heteroatoms. The van der Waals surface area contributed by atoms with Crippen LogP contribution in [0.4, 0.5) is 5.69 Å². The molecule has 1 aromatic carbocycles. The summed E-state index contributed by atoms with van der Waals surface area (Å²) in [5, 5.41) is -0.875. The maximum Gasteiger partial charge on any atom is 1.00 e. The van der Waals surface area contributed by atoms with E-state index in [0.717, 1.165) is 5.69 Å². The molecule has 0 radical (unpaired) electrons. The molecule has 1 unspecified atom stereocenters. The SMILES string of the molecule is CCC(N(CC)c1ccccc1)S(=O)(=O)O.[Na+]. The first-order valence-corrected chi connectivity index (χ1v) is 6.79. The van der Waals surface area contributed by atoms with Crippen LogP contribution in [0.15, 0.2) is 30.3 Å². The first kappa shape index (κ1) is 16.9. The Kier molecular flexibility index (Phi) is 7.35. The van der Waals surface area contributed by atoms with Crippen LogP contribution >= 0.6 is 0 Å². The second-order valence-electron chi connectivity index (χ2n) is 3.50. The van der Waals surface area contributed by atoms with E-state index in [2.05, 4.69) is 0 Å². The van der Waals surface area contributed by atoms with E-state index in [4.69, 9.17) is 0 Å². The summed E-state index contributed by atoms with van der Waals surface area (Å²) >= 11 is 0. The van der Waals surface area contributed by atoms with Gasteiger partial charge in [-0.1, -0.05) is 25.1 Å². The van der Waals surface area contributed by atoms with Crippen LogP contribution in [0, 0.1) is 0 Å². The molecule has 0 aromatic heterocycles. The summed E-state index contributed by atoms with van der Waals surface area (Å²) in [5.74, 6) is 0. The average molecular weight is 266 g/mol. The van der Waals surface area contributed by atoms with Gasteiger partial charge in [0.15, 0.2) is 5.37 Å². The van der Waals surface area contributed by atoms with Crippen molar-refractivity contribution in [2.24, 2.45) is 0 Å². The molecule has 17 heavy (non-hydrogen) atoms. The van der Waals surface area contributed by atoms with Gasteiger partial charge in [0.2, 0.25) is 0 Å². The van der Waals surface area contributed by atoms with Crippen LogP contribution in [0.25, 0.3) is 0 Å². The van der Waals surface area contributed by atoms with Crippen molar-refractivity contribution in [2.75, 3.05) is 11.4 Å². The molecule has 0 aliphatic heterocycles. The van der Waals surface area contributed by atoms with E-state index in [-0.39, 0.29) is 29.6 Å². The largest absolute Gasteiger partial charge is 1.00 e. The number of para-hydroxylation sites is 1. The fourth-order valence-electron chi connectivity index (χ4n) is 1.76. The molecule has 4 nitrogen and oxygen atoms in total. The van der Waals surface area contributed by atoms with E-state index in [1.54, 1.807) is 11.8 Å². The van der Waals surface area contributed by atoms with Gasteiger partial charge in [-0.15, -0.1) is 0 Å². The van der Waals surface area contributed by atoms with Crippen molar-refractivity contribution in [3.63, 3.8) is 0 Å². The summed E-state index contributed by atoms with van der Waals surface area (Å²) in [6, 6.07) is 9.21. The zero-order valence-corrected chi connectivity index (χ0v) is 13.3. The second kappa shape index (κ2) is 7.38. The Balaban J connectivity index is 0.00000256. The number of rotatable bonds is 5.